The molecule has 3 rings (SSSR count). The highest BCUT2D eigenvalue weighted by atomic mass is 32.2. The van der Waals surface area contributed by atoms with Crippen LogP contribution >= 0.6 is 0 Å². The number of halogens is 1. The molecular formula is C27H34FN3O6S. The van der Waals surface area contributed by atoms with Gasteiger partial charge in [0, 0.05) is 6.54 Å². The van der Waals surface area contributed by atoms with Crippen LogP contribution < -0.4 is 10.6 Å². The zero-order valence-electron chi connectivity index (χ0n) is 21.6. The summed E-state index contributed by atoms with van der Waals surface area (Å²) in [7, 11) is -4.00. The van der Waals surface area contributed by atoms with Gasteiger partial charge in [0.2, 0.25) is 21.8 Å². The number of rotatable bonds is 11. The van der Waals surface area contributed by atoms with Crippen LogP contribution in [0.3, 0.4) is 0 Å². The van der Waals surface area contributed by atoms with Crippen molar-refractivity contribution in [2.45, 2.75) is 56.7 Å². The molecule has 1 aliphatic heterocycles. The molecule has 2 atom stereocenters. The Hall–Kier alpha value is -3.15. The minimum Gasteiger partial charge on any atom is -0.367 e. The van der Waals surface area contributed by atoms with E-state index in [1.54, 1.807) is 0 Å². The van der Waals surface area contributed by atoms with E-state index in [1.807, 2.05) is 44.2 Å². The topological polar surface area (TPSA) is 122 Å². The van der Waals surface area contributed by atoms with Crippen LogP contribution in [0.5, 0.6) is 0 Å². The highest BCUT2D eigenvalue weighted by Crippen LogP contribution is 2.20. The summed E-state index contributed by atoms with van der Waals surface area (Å²) in [6, 6.07) is 12.0. The molecule has 11 heteroatoms. The molecule has 2 N–H and O–H groups in total. The number of Topliss-reactive ketones (excluding diaryl/α,β-unsaturated/α-hetero) is 1. The van der Waals surface area contributed by atoms with Crippen molar-refractivity contribution in [2.75, 3.05) is 19.7 Å². The maximum absolute atomic E-state index is 13.2. The fourth-order valence-electron chi connectivity index (χ4n) is 4.16. The van der Waals surface area contributed by atoms with E-state index in [2.05, 4.69) is 10.6 Å². The number of ether oxygens (including phenoxy) is 1. The van der Waals surface area contributed by atoms with Gasteiger partial charge < -0.3 is 15.4 Å². The van der Waals surface area contributed by atoms with E-state index in [9.17, 15) is 27.2 Å². The molecule has 1 fully saturated rings. The molecule has 206 valence electrons. The van der Waals surface area contributed by atoms with Gasteiger partial charge in [0.1, 0.15) is 18.5 Å². The van der Waals surface area contributed by atoms with E-state index in [0.717, 1.165) is 34.1 Å². The summed E-state index contributed by atoms with van der Waals surface area (Å²) >= 11 is 0. The van der Waals surface area contributed by atoms with Crippen molar-refractivity contribution in [2.24, 2.45) is 5.92 Å². The first kappa shape index (κ1) is 29.4. The lowest BCUT2D eigenvalue weighted by molar-refractivity contribution is -0.133. The Kier molecular flexibility index (Phi) is 10.5. The van der Waals surface area contributed by atoms with Crippen LogP contribution in [0.15, 0.2) is 59.5 Å². The van der Waals surface area contributed by atoms with E-state index in [4.69, 9.17) is 4.74 Å². The first-order valence-electron chi connectivity index (χ1n) is 12.6. The maximum Gasteiger partial charge on any atom is 0.246 e. The second kappa shape index (κ2) is 13.6. The van der Waals surface area contributed by atoms with Crippen LogP contribution in [-0.2, 0) is 35.8 Å². The van der Waals surface area contributed by atoms with Crippen LogP contribution in [0.2, 0.25) is 0 Å². The largest absolute Gasteiger partial charge is 0.367 e. The Bertz CT molecular complexity index is 1210. The van der Waals surface area contributed by atoms with Gasteiger partial charge in [-0.3, -0.25) is 14.4 Å². The summed E-state index contributed by atoms with van der Waals surface area (Å²) in [6.07, 6.45) is 0.941. The third kappa shape index (κ3) is 8.44. The molecular weight excluding hydrogens is 513 g/mol. The molecule has 0 aromatic heterocycles. The molecule has 0 spiro atoms. The highest BCUT2D eigenvalue weighted by Gasteiger charge is 2.34. The smallest absolute Gasteiger partial charge is 0.246 e. The number of nitrogens with zero attached hydrogens (tertiary/aromatic N) is 1. The average molecular weight is 548 g/mol. The molecule has 0 radical (unpaired) electrons. The van der Waals surface area contributed by atoms with Gasteiger partial charge in [-0.1, -0.05) is 44.2 Å². The highest BCUT2D eigenvalue weighted by molar-refractivity contribution is 7.89. The lowest BCUT2D eigenvalue weighted by atomic mass is 10.0. The quantitative estimate of drug-likeness (QED) is 0.446. The van der Waals surface area contributed by atoms with Gasteiger partial charge in [-0.15, -0.1) is 0 Å². The van der Waals surface area contributed by atoms with Crippen LogP contribution in [-0.4, -0.2) is 62.1 Å². The van der Waals surface area contributed by atoms with E-state index in [0.29, 0.717) is 12.8 Å². The summed E-state index contributed by atoms with van der Waals surface area (Å²) < 4.78 is 45.7. The molecule has 38 heavy (non-hydrogen) atoms. The predicted molar refractivity (Wildman–Crippen MR) is 139 cm³/mol. The number of hydrogen-bond donors (Lipinski definition) is 2. The van der Waals surface area contributed by atoms with E-state index in [-0.39, 0.29) is 37.0 Å². The number of sulfonamides is 1. The van der Waals surface area contributed by atoms with E-state index >= 15 is 0 Å². The number of carbonyl (C=O) groups is 3. The Labute approximate surface area is 222 Å². The van der Waals surface area contributed by atoms with Crippen LogP contribution in [0.1, 0.15) is 38.7 Å². The third-order valence-electron chi connectivity index (χ3n) is 6.09. The van der Waals surface area contributed by atoms with Crippen LogP contribution in [0.4, 0.5) is 4.39 Å². The predicted octanol–water partition coefficient (Wildman–Crippen LogP) is 2.41. The summed E-state index contributed by atoms with van der Waals surface area (Å²) in [6.45, 7) is 3.51. The summed E-state index contributed by atoms with van der Waals surface area (Å²) in [4.78, 5) is 38.4. The Morgan fingerprint density at radius 2 is 1.79 bits per heavy atom. The average Bonchev–Trinajstić information content (AvgIpc) is 3.06. The molecule has 2 amide bonds. The Balaban J connectivity index is 1.58. The lowest BCUT2D eigenvalue weighted by Gasteiger charge is -2.23. The summed E-state index contributed by atoms with van der Waals surface area (Å²) in [5, 5.41) is 5.39. The van der Waals surface area contributed by atoms with Gasteiger partial charge in [0.15, 0.2) is 5.78 Å². The van der Waals surface area contributed by atoms with Gasteiger partial charge in [-0.2, -0.15) is 4.31 Å². The van der Waals surface area contributed by atoms with Crippen molar-refractivity contribution >= 4 is 27.6 Å². The fourth-order valence-corrected chi connectivity index (χ4v) is 5.60. The molecule has 1 heterocycles. The van der Waals surface area contributed by atoms with Crippen molar-refractivity contribution in [1.82, 2.24) is 14.9 Å². The summed E-state index contributed by atoms with van der Waals surface area (Å²) in [5.74, 6) is -1.90. The number of hydrogen-bond acceptors (Lipinski definition) is 6. The zero-order valence-corrected chi connectivity index (χ0v) is 22.4. The Morgan fingerprint density at radius 1 is 1.11 bits per heavy atom. The van der Waals surface area contributed by atoms with Gasteiger partial charge in [0.25, 0.3) is 0 Å². The van der Waals surface area contributed by atoms with E-state index < -0.39 is 52.1 Å². The minimum atomic E-state index is -4.00. The number of carbonyl (C=O) groups excluding carboxylic acids is 3. The summed E-state index contributed by atoms with van der Waals surface area (Å²) in [5.41, 5.74) is 0.916. The van der Waals surface area contributed by atoms with Crippen molar-refractivity contribution in [3.8, 4) is 0 Å². The molecule has 1 unspecified atom stereocenters. The molecule has 1 aliphatic rings. The number of benzene rings is 2. The standard InChI is InChI=1S/C27H34FN3O6S/c1-19(2)15-24(29-26(33)18-37-17-20-7-4-3-5-8-20)27(34)30-23-9-6-14-31(16-25(23)32)38(35,36)22-12-10-21(28)11-13-22/h3-5,7-8,10-13,19,23-24H,6,9,14-18H2,1-2H3,(H,29,33)(H,30,34)/t23?,24-/m0/s1. The lowest BCUT2D eigenvalue weighted by Crippen LogP contribution is -2.53. The SMILES string of the molecule is CC(C)C[C@H](NC(=O)COCc1ccccc1)C(=O)NC1CCCN(S(=O)(=O)c2ccc(F)cc2)CC1=O. The van der Waals surface area contributed by atoms with Gasteiger partial charge >= 0.3 is 0 Å². The molecule has 1 saturated heterocycles. The number of ketones is 1. The van der Waals surface area contributed by atoms with Crippen molar-refractivity contribution < 1.29 is 31.9 Å². The number of nitrogens with one attached hydrogen (secondary N) is 2. The van der Waals surface area contributed by atoms with Crippen molar-refractivity contribution in [3.63, 3.8) is 0 Å². The fraction of sp³-hybridized carbons (Fsp3) is 0.444. The molecule has 2 aromatic rings. The maximum atomic E-state index is 13.2. The molecule has 0 saturated carbocycles. The van der Waals surface area contributed by atoms with Crippen molar-refractivity contribution in [3.05, 3.63) is 66.0 Å². The van der Waals surface area contributed by atoms with Crippen LogP contribution in [0.25, 0.3) is 0 Å². The zero-order chi connectivity index (χ0) is 27.7. The second-order valence-electron chi connectivity index (χ2n) is 9.69. The van der Waals surface area contributed by atoms with Crippen molar-refractivity contribution in [1.29, 1.82) is 0 Å². The number of amides is 2. The van der Waals surface area contributed by atoms with Gasteiger partial charge in [-0.25, -0.2) is 12.8 Å². The van der Waals surface area contributed by atoms with E-state index in [1.165, 1.54) is 0 Å². The van der Waals surface area contributed by atoms with Gasteiger partial charge in [0.05, 0.1) is 24.1 Å². The third-order valence-corrected chi connectivity index (χ3v) is 7.95. The first-order valence-corrected chi connectivity index (χ1v) is 14.0. The molecule has 9 nitrogen and oxygen atoms in total. The normalized spacial score (nSPS) is 17.6. The Morgan fingerprint density at radius 3 is 2.45 bits per heavy atom. The molecule has 0 aliphatic carbocycles. The molecule has 2 aromatic carbocycles. The monoisotopic (exact) mass is 547 g/mol. The second-order valence-corrected chi connectivity index (χ2v) is 11.6. The van der Waals surface area contributed by atoms with Gasteiger partial charge in [-0.05, 0) is 55.0 Å². The van der Waals surface area contributed by atoms with Crippen LogP contribution in [0, 0.1) is 11.7 Å². The minimum absolute atomic E-state index is 0.0810. The molecule has 0 bridgehead atoms. The first-order chi connectivity index (χ1) is 18.1.